The molecule has 3 rings (SSSR count). The first-order valence-electron chi connectivity index (χ1n) is 7.71. The van der Waals surface area contributed by atoms with Gasteiger partial charge in [0.2, 0.25) is 0 Å². The Hall–Kier alpha value is -2.43. The van der Waals surface area contributed by atoms with Gasteiger partial charge in [0, 0.05) is 29.3 Å². The molecule has 1 aromatic rings. The number of phenolic OH excluding ortho intramolecular Hbond substituents is 1. The van der Waals surface area contributed by atoms with E-state index >= 15 is 0 Å². The fourth-order valence-corrected chi connectivity index (χ4v) is 3.52. The number of ether oxygens (including phenoxy) is 1. The third-order valence-corrected chi connectivity index (χ3v) is 4.52. The number of Topliss-reactive ketones (excluding diaryl/α,β-unsaturated/α-hetero) is 1. The summed E-state index contributed by atoms with van der Waals surface area (Å²) in [4.78, 5) is 29.4. The second-order valence-corrected chi connectivity index (χ2v) is 5.96. The van der Waals surface area contributed by atoms with Crippen LogP contribution in [0.2, 0.25) is 0 Å². The van der Waals surface area contributed by atoms with Crippen LogP contribution in [0.5, 0.6) is 5.75 Å². The molecule has 0 bridgehead atoms. The topological polar surface area (TPSA) is 76.0 Å². The number of allylic oxidation sites excluding steroid dienone is 2. The Labute approximate surface area is 134 Å². The zero-order valence-corrected chi connectivity index (χ0v) is 13.2. The summed E-state index contributed by atoms with van der Waals surface area (Å²) in [6.07, 6.45) is 1.99. The summed E-state index contributed by atoms with van der Waals surface area (Å²) in [5.41, 5.74) is 2.76. The van der Waals surface area contributed by atoms with Crippen LogP contribution in [0.15, 0.2) is 40.5 Å². The molecule has 2 atom stereocenters. The van der Waals surface area contributed by atoms with E-state index in [0.717, 1.165) is 24.1 Å². The molecule has 0 radical (unpaired) electrons. The number of rotatable bonds is 2. The van der Waals surface area contributed by atoms with E-state index < -0.39 is 17.8 Å². The maximum atomic E-state index is 12.5. The van der Waals surface area contributed by atoms with E-state index in [9.17, 15) is 14.7 Å². The molecule has 23 heavy (non-hydrogen) atoms. The first kappa shape index (κ1) is 15.5. The van der Waals surface area contributed by atoms with Gasteiger partial charge in [-0.25, -0.2) is 0 Å². The highest BCUT2D eigenvalue weighted by Gasteiger charge is 2.42. The second kappa shape index (κ2) is 5.99. The van der Waals surface area contributed by atoms with Crippen molar-refractivity contribution in [3.05, 3.63) is 41.1 Å². The lowest BCUT2D eigenvalue weighted by Gasteiger charge is -2.34. The Morgan fingerprint density at radius 1 is 1.35 bits per heavy atom. The summed E-state index contributed by atoms with van der Waals surface area (Å²) in [5.74, 6) is -1.36. The Morgan fingerprint density at radius 3 is 2.83 bits per heavy atom. The molecule has 0 spiro atoms. The number of aliphatic imine (C=N–C) groups is 1. The molecule has 0 saturated carbocycles. The normalized spacial score (nSPS) is 24.1. The van der Waals surface area contributed by atoms with Gasteiger partial charge in [-0.2, -0.15) is 0 Å². The minimum atomic E-state index is -0.636. The van der Waals surface area contributed by atoms with Crippen LogP contribution in [0.1, 0.15) is 37.7 Å². The van der Waals surface area contributed by atoms with Gasteiger partial charge >= 0.3 is 5.97 Å². The molecule has 1 unspecified atom stereocenters. The van der Waals surface area contributed by atoms with Gasteiger partial charge in [0.15, 0.2) is 5.78 Å². The predicted molar refractivity (Wildman–Crippen MR) is 85.3 cm³/mol. The molecule has 1 heterocycles. The number of phenols is 1. The van der Waals surface area contributed by atoms with E-state index in [2.05, 4.69) is 4.99 Å². The van der Waals surface area contributed by atoms with E-state index in [-0.39, 0.29) is 11.5 Å². The number of ketones is 1. The molecule has 1 aromatic carbocycles. The van der Waals surface area contributed by atoms with Crippen LogP contribution in [0.25, 0.3) is 0 Å². The number of hydrogen-bond donors (Lipinski definition) is 1. The highest BCUT2D eigenvalue weighted by Crippen LogP contribution is 2.43. The van der Waals surface area contributed by atoms with Crippen molar-refractivity contribution in [3.63, 3.8) is 0 Å². The summed E-state index contributed by atoms with van der Waals surface area (Å²) < 4.78 is 4.94. The first-order valence-corrected chi connectivity index (χ1v) is 7.71. The highest BCUT2D eigenvalue weighted by molar-refractivity contribution is 6.08. The lowest BCUT2D eigenvalue weighted by Crippen LogP contribution is -2.36. The van der Waals surface area contributed by atoms with Gasteiger partial charge in [-0.15, -0.1) is 0 Å². The van der Waals surface area contributed by atoms with Gasteiger partial charge in [0.05, 0.1) is 7.11 Å². The Bertz CT molecular complexity index is 732. The van der Waals surface area contributed by atoms with Crippen molar-refractivity contribution < 1.29 is 19.4 Å². The van der Waals surface area contributed by atoms with Gasteiger partial charge < -0.3 is 9.84 Å². The van der Waals surface area contributed by atoms with Gasteiger partial charge in [-0.05, 0) is 37.5 Å². The summed E-state index contributed by atoms with van der Waals surface area (Å²) in [6.45, 7) is 1.79. The monoisotopic (exact) mass is 313 g/mol. The molecule has 1 aliphatic carbocycles. The van der Waals surface area contributed by atoms with Gasteiger partial charge in [-0.3, -0.25) is 14.6 Å². The number of hydrogen-bond acceptors (Lipinski definition) is 5. The molecular formula is C18H19NO4. The van der Waals surface area contributed by atoms with Crippen molar-refractivity contribution in [2.45, 2.75) is 32.1 Å². The first-order chi connectivity index (χ1) is 11.0. The maximum absolute atomic E-state index is 12.5. The van der Waals surface area contributed by atoms with Crippen LogP contribution in [0.4, 0.5) is 0 Å². The Kier molecular flexibility index (Phi) is 4.03. The van der Waals surface area contributed by atoms with E-state index in [1.807, 2.05) is 6.07 Å². The average molecular weight is 313 g/mol. The van der Waals surface area contributed by atoms with Gasteiger partial charge in [0.1, 0.15) is 11.7 Å². The third-order valence-electron chi connectivity index (χ3n) is 4.52. The molecule has 0 amide bonds. The van der Waals surface area contributed by atoms with E-state index in [1.165, 1.54) is 7.11 Å². The molecule has 0 fully saturated rings. The molecule has 5 heteroatoms. The third kappa shape index (κ3) is 2.67. The number of nitrogens with zero attached hydrogens (tertiary/aromatic N) is 1. The van der Waals surface area contributed by atoms with Gasteiger partial charge in [0.25, 0.3) is 0 Å². The largest absolute Gasteiger partial charge is 0.508 e. The van der Waals surface area contributed by atoms with Crippen molar-refractivity contribution in [2.24, 2.45) is 10.9 Å². The lowest BCUT2D eigenvalue weighted by atomic mass is 9.72. The van der Waals surface area contributed by atoms with E-state index in [0.29, 0.717) is 17.7 Å². The van der Waals surface area contributed by atoms with Crippen molar-refractivity contribution in [2.75, 3.05) is 7.11 Å². The molecule has 120 valence electrons. The fraction of sp³-hybridized carbons (Fsp3) is 0.389. The maximum Gasteiger partial charge on any atom is 0.315 e. The van der Waals surface area contributed by atoms with Crippen LogP contribution in [-0.2, 0) is 14.3 Å². The van der Waals surface area contributed by atoms with E-state index in [1.54, 1.807) is 25.1 Å². The van der Waals surface area contributed by atoms with Crippen LogP contribution in [-0.4, -0.2) is 29.7 Å². The van der Waals surface area contributed by atoms with Crippen LogP contribution in [0, 0.1) is 5.92 Å². The Morgan fingerprint density at radius 2 is 2.13 bits per heavy atom. The van der Waals surface area contributed by atoms with Crippen molar-refractivity contribution in [1.82, 2.24) is 0 Å². The molecule has 2 aliphatic rings. The number of esters is 1. The molecule has 1 N–H and O–H groups in total. The van der Waals surface area contributed by atoms with Crippen LogP contribution >= 0.6 is 0 Å². The molecule has 0 saturated heterocycles. The minimum Gasteiger partial charge on any atom is -0.508 e. The summed E-state index contributed by atoms with van der Waals surface area (Å²) in [6, 6.07) is 6.71. The average Bonchev–Trinajstić information content (AvgIpc) is 2.53. The highest BCUT2D eigenvalue weighted by atomic mass is 16.5. The summed E-state index contributed by atoms with van der Waals surface area (Å²) in [7, 11) is 1.34. The fourth-order valence-electron chi connectivity index (χ4n) is 3.52. The summed E-state index contributed by atoms with van der Waals surface area (Å²) in [5, 5.41) is 9.81. The SMILES string of the molecule is COC(=O)C1C(C)=NC2=C(C(=O)CCC2)[C@H]1c1cccc(O)c1. The quantitative estimate of drug-likeness (QED) is 0.852. The molecular weight excluding hydrogens is 294 g/mol. The molecule has 5 nitrogen and oxygen atoms in total. The number of carbonyl (C=O) groups excluding carboxylic acids is 2. The van der Waals surface area contributed by atoms with Crippen LogP contribution < -0.4 is 0 Å². The van der Waals surface area contributed by atoms with Crippen molar-refractivity contribution in [3.8, 4) is 5.75 Å². The zero-order chi connectivity index (χ0) is 16.6. The predicted octanol–water partition coefficient (Wildman–Crippen LogP) is 2.75. The molecule has 1 aliphatic heterocycles. The zero-order valence-electron chi connectivity index (χ0n) is 13.2. The lowest BCUT2D eigenvalue weighted by molar-refractivity contribution is -0.143. The smallest absolute Gasteiger partial charge is 0.315 e. The van der Waals surface area contributed by atoms with Crippen molar-refractivity contribution >= 4 is 17.5 Å². The van der Waals surface area contributed by atoms with E-state index in [4.69, 9.17) is 4.74 Å². The second-order valence-electron chi connectivity index (χ2n) is 5.96. The van der Waals surface area contributed by atoms with Gasteiger partial charge in [-0.1, -0.05) is 12.1 Å². The number of benzene rings is 1. The standard InChI is InChI=1S/C18H19NO4/c1-10-15(18(22)23-2)16(11-5-3-6-12(20)9-11)17-13(19-10)7-4-8-14(17)21/h3,5-6,9,15-16,20H,4,7-8H2,1-2H3/t15?,16-/m0/s1. The van der Waals surface area contributed by atoms with Crippen molar-refractivity contribution in [1.29, 1.82) is 0 Å². The number of aromatic hydroxyl groups is 1. The minimum absolute atomic E-state index is 0.0322. The number of carbonyl (C=O) groups is 2. The Balaban J connectivity index is 2.19. The molecule has 0 aromatic heterocycles. The summed E-state index contributed by atoms with van der Waals surface area (Å²) >= 11 is 0. The number of methoxy groups -OCH3 is 1. The van der Waals surface area contributed by atoms with Crippen LogP contribution in [0.3, 0.4) is 0 Å².